The summed E-state index contributed by atoms with van der Waals surface area (Å²) in [5, 5.41) is 0. The zero-order valence-electron chi connectivity index (χ0n) is 5.29. The molecule has 0 bridgehead atoms. The van der Waals surface area contributed by atoms with E-state index in [4.69, 9.17) is 7.12 Å². The van der Waals surface area contributed by atoms with Gasteiger partial charge in [0, 0.05) is 0 Å². The smallest absolute Gasteiger partial charge is 0.168 e. The Hall–Kier alpha value is -0.365. The maximum Gasteiger partial charge on any atom is 0.168 e. The minimum Gasteiger partial charge on any atom is -0.193 e. The highest BCUT2D eigenvalue weighted by Crippen LogP contribution is 2.17. The second-order valence-electron chi connectivity index (χ2n) is 1.88. The highest BCUT2D eigenvalue weighted by molar-refractivity contribution is 8.19. The first-order valence-corrected chi connectivity index (χ1v) is 3.65. The van der Waals surface area contributed by atoms with Crippen LogP contribution in [0.2, 0.25) is 0 Å². The zero-order chi connectivity index (χ0) is 6.69. The van der Waals surface area contributed by atoms with Crippen molar-refractivity contribution in [3.05, 3.63) is 29.8 Å². The first-order valence-electron chi connectivity index (χ1n) is 2.77. The Balaban J connectivity index is 3.01. The molecular formula is C7H7BS. The third kappa shape index (κ3) is 1.52. The van der Waals surface area contributed by atoms with Crippen LogP contribution >= 0.6 is 11.6 Å². The van der Waals surface area contributed by atoms with Crippen molar-refractivity contribution in [1.29, 1.82) is 0 Å². The summed E-state index contributed by atoms with van der Waals surface area (Å²) in [6.45, 7) is 2.05. The second kappa shape index (κ2) is 2.97. The Labute approximate surface area is 61.0 Å². The van der Waals surface area contributed by atoms with Crippen molar-refractivity contribution >= 4 is 18.7 Å². The molecule has 0 spiro atoms. The molecule has 0 aliphatic carbocycles. The molecule has 0 N–H and O–H groups in total. The van der Waals surface area contributed by atoms with E-state index >= 15 is 0 Å². The molecule has 0 heterocycles. The Morgan fingerprint density at radius 2 is 2.00 bits per heavy atom. The Morgan fingerprint density at radius 3 is 2.44 bits per heavy atom. The second-order valence-corrected chi connectivity index (χ2v) is 2.56. The van der Waals surface area contributed by atoms with Crippen LogP contribution in [0.25, 0.3) is 0 Å². The van der Waals surface area contributed by atoms with Crippen molar-refractivity contribution in [2.24, 2.45) is 0 Å². The van der Waals surface area contributed by atoms with Crippen molar-refractivity contribution in [2.75, 3.05) is 0 Å². The van der Waals surface area contributed by atoms with Crippen molar-refractivity contribution < 1.29 is 0 Å². The van der Waals surface area contributed by atoms with Crippen LogP contribution in [0.4, 0.5) is 0 Å². The topological polar surface area (TPSA) is 0 Å². The minimum absolute atomic E-state index is 1.15. The van der Waals surface area contributed by atoms with Crippen LogP contribution in [0.5, 0.6) is 0 Å². The summed E-state index contributed by atoms with van der Waals surface area (Å²) in [5.74, 6) is 0. The van der Waals surface area contributed by atoms with Crippen LogP contribution < -0.4 is 0 Å². The summed E-state index contributed by atoms with van der Waals surface area (Å²) < 4.78 is 0. The quantitative estimate of drug-likeness (QED) is 0.530. The lowest BCUT2D eigenvalue weighted by Gasteiger charge is -1.98. The molecule has 1 rings (SSSR count). The summed E-state index contributed by atoms with van der Waals surface area (Å²) in [6.07, 6.45) is 0. The number of aryl methyl sites for hydroxylation is 1. The first kappa shape index (κ1) is 6.75. The van der Waals surface area contributed by atoms with Crippen LogP contribution in [0, 0.1) is 6.92 Å². The van der Waals surface area contributed by atoms with Crippen LogP contribution in [0.3, 0.4) is 0 Å². The summed E-state index contributed by atoms with van der Waals surface area (Å²) >= 11 is 1.30. The van der Waals surface area contributed by atoms with Crippen LogP contribution in [-0.2, 0) is 0 Å². The molecule has 9 heavy (non-hydrogen) atoms. The van der Waals surface area contributed by atoms with Gasteiger partial charge in [-0.2, -0.15) is 11.6 Å². The molecule has 2 heteroatoms. The van der Waals surface area contributed by atoms with Crippen LogP contribution in [-0.4, -0.2) is 7.12 Å². The minimum atomic E-state index is 1.15. The Morgan fingerprint density at radius 1 is 1.33 bits per heavy atom. The van der Waals surface area contributed by atoms with Gasteiger partial charge in [0.15, 0.2) is 7.12 Å². The van der Waals surface area contributed by atoms with Crippen molar-refractivity contribution in [2.45, 2.75) is 11.8 Å². The van der Waals surface area contributed by atoms with Gasteiger partial charge >= 0.3 is 0 Å². The largest absolute Gasteiger partial charge is 0.193 e. The lowest BCUT2D eigenvalue weighted by Crippen LogP contribution is -1.74. The number of benzene rings is 1. The fourth-order valence-electron chi connectivity index (χ4n) is 0.689. The van der Waals surface area contributed by atoms with Gasteiger partial charge in [0.25, 0.3) is 0 Å². The van der Waals surface area contributed by atoms with Crippen molar-refractivity contribution in [1.82, 2.24) is 0 Å². The molecule has 0 saturated heterocycles. The van der Waals surface area contributed by atoms with E-state index in [1.165, 1.54) is 17.2 Å². The lowest BCUT2D eigenvalue weighted by molar-refractivity contribution is 1.31. The third-order valence-corrected chi connectivity index (χ3v) is 1.93. The molecule has 1 aromatic rings. The Bertz CT molecular complexity index is 198. The van der Waals surface area contributed by atoms with E-state index in [-0.39, 0.29) is 0 Å². The van der Waals surface area contributed by atoms with Crippen LogP contribution in [0.15, 0.2) is 29.2 Å². The highest BCUT2D eigenvalue weighted by Gasteiger charge is 1.89. The van der Waals surface area contributed by atoms with E-state index in [1.54, 1.807) is 0 Å². The van der Waals surface area contributed by atoms with Gasteiger partial charge in [0.05, 0.1) is 0 Å². The van der Waals surface area contributed by atoms with Gasteiger partial charge in [-0.25, -0.2) is 0 Å². The number of rotatable bonds is 1. The molecule has 0 aliphatic rings. The average molecular weight is 134 g/mol. The van der Waals surface area contributed by atoms with E-state index in [2.05, 4.69) is 13.0 Å². The fraction of sp³-hybridized carbons (Fsp3) is 0.143. The molecule has 0 aromatic heterocycles. The van der Waals surface area contributed by atoms with Crippen LogP contribution in [0.1, 0.15) is 5.56 Å². The summed E-state index contributed by atoms with van der Waals surface area (Å²) in [4.78, 5) is 1.15. The maximum absolute atomic E-state index is 5.37. The van der Waals surface area contributed by atoms with Gasteiger partial charge in [-0.3, -0.25) is 0 Å². The van der Waals surface area contributed by atoms with Gasteiger partial charge in [-0.15, -0.1) is 0 Å². The van der Waals surface area contributed by atoms with E-state index in [9.17, 15) is 0 Å². The monoisotopic (exact) mass is 134 g/mol. The SMILES string of the molecule is [B]Sc1ccccc1C. The van der Waals surface area contributed by atoms with Gasteiger partial charge in [0.2, 0.25) is 0 Å². The molecule has 0 unspecified atom stereocenters. The average Bonchev–Trinajstić information content (AvgIpc) is 1.89. The molecule has 0 amide bonds. The molecule has 1 aromatic carbocycles. The lowest BCUT2D eigenvalue weighted by atomic mass is 10.2. The molecule has 0 aliphatic heterocycles. The van der Waals surface area contributed by atoms with Gasteiger partial charge < -0.3 is 0 Å². The van der Waals surface area contributed by atoms with E-state index in [0.717, 1.165) is 4.90 Å². The zero-order valence-corrected chi connectivity index (χ0v) is 6.11. The van der Waals surface area contributed by atoms with Gasteiger partial charge in [-0.05, 0) is 23.4 Å². The highest BCUT2D eigenvalue weighted by atomic mass is 32.2. The van der Waals surface area contributed by atoms with E-state index in [1.807, 2.05) is 18.2 Å². The van der Waals surface area contributed by atoms with Crippen molar-refractivity contribution in [3.63, 3.8) is 0 Å². The summed E-state index contributed by atoms with van der Waals surface area (Å²) in [6, 6.07) is 8.06. The predicted octanol–water partition coefficient (Wildman–Crippen LogP) is 2.17. The van der Waals surface area contributed by atoms with Gasteiger partial charge in [0.1, 0.15) is 0 Å². The molecule has 2 radical (unpaired) electrons. The molecule has 0 atom stereocenters. The first-order chi connectivity index (χ1) is 4.34. The molecule has 44 valence electrons. The summed E-state index contributed by atoms with van der Waals surface area (Å²) in [5.41, 5.74) is 1.24. The normalized spacial score (nSPS) is 9.44. The third-order valence-electron chi connectivity index (χ3n) is 1.22. The van der Waals surface area contributed by atoms with E-state index < -0.39 is 0 Å². The molecule has 0 nitrogen and oxygen atoms in total. The molecule has 0 fully saturated rings. The summed E-state index contributed by atoms with van der Waals surface area (Å²) in [7, 11) is 5.37. The fourth-order valence-corrected chi connectivity index (χ4v) is 1.10. The Kier molecular flexibility index (Phi) is 2.23. The number of hydrogen-bond donors (Lipinski definition) is 0. The molecular weight excluding hydrogens is 127 g/mol. The predicted molar refractivity (Wildman–Crippen MR) is 42.8 cm³/mol. The maximum atomic E-state index is 5.37. The standard InChI is InChI=1S/C7H7BS/c1-6-4-2-3-5-7(6)9-8/h2-5H,1H3. The number of hydrogen-bond acceptors (Lipinski definition) is 1. The van der Waals surface area contributed by atoms with Gasteiger partial charge in [-0.1, -0.05) is 18.2 Å². The molecule has 0 saturated carbocycles. The van der Waals surface area contributed by atoms with E-state index in [0.29, 0.717) is 0 Å². The van der Waals surface area contributed by atoms with Crippen molar-refractivity contribution in [3.8, 4) is 0 Å².